The van der Waals surface area contributed by atoms with E-state index in [4.69, 9.17) is 4.42 Å². The lowest BCUT2D eigenvalue weighted by atomic mass is 9.91. The third-order valence-electron chi connectivity index (χ3n) is 6.91. The number of pyridine rings is 1. The van der Waals surface area contributed by atoms with E-state index in [9.17, 15) is 0 Å². The molecule has 0 aliphatic carbocycles. The first-order valence-corrected chi connectivity index (χ1v) is 11.7. The van der Waals surface area contributed by atoms with Gasteiger partial charge in [-0.2, -0.15) is 0 Å². The van der Waals surface area contributed by atoms with E-state index in [1.165, 1.54) is 6.20 Å². The number of para-hydroxylation sites is 1. The van der Waals surface area contributed by atoms with E-state index in [0.29, 0.717) is 11.3 Å². The van der Waals surface area contributed by atoms with Gasteiger partial charge in [-0.1, -0.05) is 72.8 Å². The van der Waals surface area contributed by atoms with Gasteiger partial charge in [0.1, 0.15) is 17.0 Å². The number of rotatable bonds is 2. The minimum Gasteiger partial charge on any atom is -0.455 e. The minimum atomic E-state index is -0.344. The topological polar surface area (TPSA) is 26.0 Å². The Morgan fingerprint density at radius 3 is 2.09 bits per heavy atom. The molecular formula is C32H20FNO. The molecule has 0 aliphatic heterocycles. The number of fused-ring (bicyclic) bond motifs is 5. The second-order valence-electron chi connectivity index (χ2n) is 8.98. The Morgan fingerprint density at radius 1 is 0.686 bits per heavy atom. The molecule has 0 saturated heterocycles. The standard InChI is InChI=1S/C32H20FNO/c1-19-14-15-24(32-30(19)25-12-6-7-13-29(25)35-32)28-17-26(27(33)18-34-28)31-22-10-4-2-8-20(22)16-21-9-3-5-11-23(21)31/h2-18H,1H3. The lowest BCUT2D eigenvalue weighted by molar-refractivity contribution is 0.625. The molecular weight excluding hydrogens is 433 g/mol. The maximum absolute atomic E-state index is 15.5. The van der Waals surface area contributed by atoms with Crippen molar-refractivity contribution >= 4 is 43.5 Å². The summed E-state index contributed by atoms with van der Waals surface area (Å²) in [5.74, 6) is -0.344. The van der Waals surface area contributed by atoms with Crippen LogP contribution in [0.15, 0.2) is 108 Å². The number of nitrogens with zero attached hydrogens (tertiary/aromatic N) is 1. The van der Waals surface area contributed by atoms with Crippen molar-refractivity contribution in [3.05, 3.63) is 115 Å². The highest BCUT2D eigenvalue weighted by Crippen LogP contribution is 2.41. The van der Waals surface area contributed by atoms with Crippen molar-refractivity contribution in [3.63, 3.8) is 0 Å². The average molecular weight is 454 g/mol. The summed E-state index contributed by atoms with van der Waals surface area (Å²) in [6.45, 7) is 2.08. The van der Waals surface area contributed by atoms with Crippen LogP contribution in [0.25, 0.3) is 65.9 Å². The van der Waals surface area contributed by atoms with E-state index >= 15 is 4.39 Å². The molecule has 0 saturated carbocycles. The molecule has 7 aromatic rings. The summed E-state index contributed by atoms with van der Waals surface area (Å²) in [7, 11) is 0. The van der Waals surface area contributed by atoms with Gasteiger partial charge in [-0.25, -0.2) is 4.39 Å². The summed E-state index contributed by atoms with van der Waals surface area (Å²) >= 11 is 0. The van der Waals surface area contributed by atoms with Crippen LogP contribution in [0.2, 0.25) is 0 Å². The molecule has 0 bridgehead atoms. The zero-order valence-electron chi connectivity index (χ0n) is 19.0. The molecule has 0 unspecified atom stereocenters. The molecule has 0 radical (unpaired) electrons. The highest BCUT2D eigenvalue weighted by Gasteiger charge is 2.19. The van der Waals surface area contributed by atoms with Gasteiger partial charge in [-0.05, 0) is 58.3 Å². The van der Waals surface area contributed by atoms with Gasteiger partial charge in [-0.3, -0.25) is 4.98 Å². The van der Waals surface area contributed by atoms with Crippen molar-refractivity contribution in [1.82, 2.24) is 4.98 Å². The van der Waals surface area contributed by atoms with Crippen molar-refractivity contribution < 1.29 is 8.81 Å². The summed E-state index contributed by atoms with van der Waals surface area (Å²) in [6.07, 6.45) is 1.33. The quantitative estimate of drug-likeness (QED) is 0.244. The summed E-state index contributed by atoms with van der Waals surface area (Å²) in [6, 6.07) is 32.4. The Balaban J connectivity index is 1.55. The molecule has 0 N–H and O–H groups in total. The van der Waals surface area contributed by atoms with Crippen LogP contribution in [0.5, 0.6) is 0 Å². The maximum Gasteiger partial charge on any atom is 0.149 e. The highest BCUT2D eigenvalue weighted by atomic mass is 19.1. The second-order valence-corrected chi connectivity index (χ2v) is 8.98. The van der Waals surface area contributed by atoms with Gasteiger partial charge >= 0.3 is 0 Å². The van der Waals surface area contributed by atoms with Crippen LogP contribution >= 0.6 is 0 Å². The first-order chi connectivity index (χ1) is 17.2. The monoisotopic (exact) mass is 453 g/mol. The largest absolute Gasteiger partial charge is 0.455 e. The predicted molar refractivity (Wildman–Crippen MR) is 142 cm³/mol. The predicted octanol–water partition coefficient (Wildman–Crippen LogP) is 9.07. The van der Waals surface area contributed by atoms with Crippen molar-refractivity contribution in [2.24, 2.45) is 0 Å². The molecule has 0 atom stereocenters. The number of halogens is 1. The third-order valence-corrected chi connectivity index (χ3v) is 6.91. The van der Waals surface area contributed by atoms with E-state index in [2.05, 4.69) is 54.4 Å². The van der Waals surface area contributed by atoms with Crippen molar-refractivity contribution in [2.75, 3.05) is 0 Å². The fraction of sp³-hybridized carbons (Fsp3) is 0.0312. The lowest BCUT2D eigenvalue weighted by Gasteiger charge is -2.14. The van der Waals surface area contributed by atoms with E-state index in [1.54, 1.807) is 0 Å². The number of hydrogen-bond donors (Lipinski definition) is 0. The molecule has 2 nitrogen and oxygen atoms in total. The van der Waals surface area contributed by atoms with E-state index in [-0.39, 0.29) is 5.82 Å². The first kappa shape index (κ1) is 19.9. The normalized spacial score (nSPS) is 11.7. The molecule has 35 heavy (non-hydrogen) atoms. The number of benzene rings is 5. The molecule has 5 aromatic carbocycles. The number of aromatic nitrogens is 1. The zero-order valence-corrected chi connectivity index (χ0v) is 19.0. The van der Waals surface area contributed by atoms with Crippen LogP contribution in [0.3, 0.4) is 0 Å². The van der Waals surface area contributed by atoms with Crippen molar-refractivity contribution in [2.45, 2.75) is 6.92 Å². The molecule has 0 aliphatic rings. The molecule has 166 valence electrons. The Kier molecular flexibility index (Phi) is 4.27. The fourth-order valence-corrected chi connectivity index (χ4v) is 5.28. The SMILES string of the molecule is Cc1ccc(-c2cc(-c3c4ccccc4cc4ccccc34)c(F)cn2)c2oc3ccccc3c12. The molecule has 0 fully saturated rings. The molecule has 0 spiro atoms. The summed E-state index contributed by atoms with van der Waals surface area (Å²) < 4.78 is 21.8. The smallest absolute Gasteiger partial charge is 0.149 e. The van der Waals surface area contributed by atoms with E-state index in [1.807, 2.05) is 54.6 Å². The number of hydrogen-bond acceptors (Lipinski definition) is 2. The molecule has 7 rings (SSSR count). The average Bonchev–Trinajstić information content (AvgIpc) is 3.29. The first-order valence-electron chi connectivity index (χ1n) is 11.7. The zero-order chi connectivity index (χ0) is 23.5. The van der Waals surface area contributed by atoms with Gasteiger partial charge < -0.3 is 4.42 Å². The van der Waals surface area contributed by atoms with Crippen molar-refractivity contribution in [1.29, 1.82) is 0 Å². The van der Waals surface area contributed by atoms with Crippen LogP contribution in [0.1, 0.15) is 5.56 Å². The Morgan fingerprint density at radius 2 is 1.34 bits per heavy atom. The van der Waals surface area contributed by atoms with Gasteiger partial charge in [0.05, 0.1) is 11.9 Å². The van der Waals surface area contributed by atoms with Gasteiger partial charge in [0.25, 0.3) is 0 Å². The Bertz CT molecular complexity index is 1880. The summed E-state index contributed by atoms with van der Waals surface area (Å²) in [5.41, 5.74) is 5.70. The molecule has 2 heterocycles. The van der Waals surface area contributed by atoms with Gasteiger partial charge in [0.15, 0.2) is 0 Å². The van der Waals surface area contributed by atoms with E-state index < -0.39 is 0 Å². The van der Waals surface area contributed by atoms with Crippen LogP contribution < -0.4 is 0 Å². The van der Waals surface area contributed by atoms with Crippen LogP contribution in [-0.4, -0.2) is 4.98 Å². The van der Waals surface area contributed by atoms with Crippen LogP contribution in [0, 0.1) is 12.7 Å². The van der Waals surface area contributed by atoms with E-state index in [0.717, 1.165) is 60.2 Å². The van der Waals surface area contributed by atoms with Gasteiger partial charge in [0.2, 0.25) is 0 Å². The molecule has 2 aromatic heterocycles. The minimum absolute atomic E-state index is 0.344. The van der Waals surface area contributed by atoms with Crippen LogP contribution in [-0.2, 0) is 0 Å². The second kappa shape index (κ2) is 7.51. The Labute approximate surface area is 201 Å². The molecule has 0 amide bonds. The number of furan rings is 1. The molecule has 3 heteroatoms. The lowest BCUT2D eigenvalue weighted by Crippen LogP contribution is -1.93. The summed E-state index contributed by atoms with van der Waals surface area (Å²) in [5, 5.41) is 6.33. The number of aryl methyl sites for hydroxylation is 1. The van der Waals surface area contributed by atoms with Crippen LogP contribution in [0.4, 0.5) is 4.39 Å². The highest BCUT2D eigenvalue weighted by molar-refractivity contribution is 6.14. The fourth-order valence-electron chi connectivity index (χ4n) is 5.28. The van der Waals surface area contributed by atoms with Gasteiger partial charge in [0, 0.05) is 27.5 Å². The van der Waals surface area contributed by atoms with Crippen molar-refractivity contribution in [3.8, 4) is 22.4 Å². The third kappa shape index (κ3) is 2.98. The summed E-state index contributed by atoms with van der Waals surface area (Å²) in [4.78, 5) is 4.51. The Hall–Kier alpha value is -4.50. The van der Waals surface area contributed by atoms with Gasteiger partial charge in [-0.15, -0.1) is 0 Å². The maximum atomic E-state index is 15.5.